The number of benzene rings is 2. The SMILES string of the molecule is C[C@@H]1c2c(ccc3c2OCO3)C=C2c3cc4c(cc3CCN21)OCO4. The van der Waals surface area contributed by atoms with Crippen LogP contribution in [0.25, 0.3) is 11.8 Å². The highest BCUT2D eigenvalue weighted by Crippen LogP contribution is 2.50. The normalized spacial score (nSPS) is 21.4. The Morgan fingerprint density at radius 3 is 2.68 bits per heavy atom. The minimum atomic E-state index is 0.241. The summed E-state index contributed by atoms with van der Waals surface area (Å²) < 4.78 is 22.5. The predicted octanol–water partition coefficient (Wildman–Crippen LogP) is 3.57. The van der Waals surface area contributed by atoms with E-state index in [-0.39, 0.29) is 6.04 Å². The van der Waals surface area contributed by atoms with Gasteiger partial charge in [-0.25, -0.2) is 0 Å². The summed E-state index contributed by atoms with van der Waals surface area (Å²) in [4.78, 5) is 2.45. The quantitative estimate of drug-likeness (QED) is 0.736. The lowest BCUT2D eigenvalue weighted by Crippen LogP contribution is -2.34. The maximum absolute atomic E-state index is 5.76. The Labute approximate surface area is 145 Å². The zero-order chi connectivity index (χ0) is 16.5. The molecule has 126 valence electrons. The van der Waals surface area contributed by atoms with Crippen LogP contribution in [0.3, 0.4) is 0 Å². The zero-order valence-corrected chi connectivity index (χ0v) is 13.9. The van der Waals surface area contributed by atoms with Crippen LogP contribution >= 0.6 is 0 Å². The number of hydrogen-bond donors (Lipinski definition) is 0. The second kappa shape index (κ2) is 4.63. The van der Waals surface area contributed by atoms with Gasteiger partial charge in [0, 0.05) is 23.4 Å². The maximum atomic E-state index is 5.76. The van der Waals surface area contributed by atoms with E-state index in [0.717, 1.165) is 36.0 Å². The van der Waals surface area contributed by atoms with Crippen LogP contribution in [0.2, 0.25) is 0 Å². The number of nitrogens with zero attached hydrogens (tertiary/aromatic N) is 1. The van der Waals surface area contributed by atoms with Gasteiger partial charge in [0.25, 0.3) is 0 Å². The summed E-state index contributed by atoms with van der Waals surface area (Å²) in [6.07, 6.45) is 3.26. The van der Waals surface area contributed by atoms with Crippen molar-refractivity contribution in [3.05, 3.63) is 46.5 Å². The standard InChI is InChI=1S/C20H17NO4/c1-11-19-13(2-3-16-20(19)25-10-22-16)6-15-14-8-18-17(23-9-24-18)7-12(14)4-5-21(11)15/h2-3,6-8,11H,4-5,9-10H2,1H3/t11-/m1/s1. The van der Waals surface area contributed by atoms with Crippen LogP contribution in [0, 0.1) is 0 Å². The second-order valence-electron chi connectivity index (χ2n) is 6.81. The van der Waals surface area contributed by atoms with Gasteiger partial charge in [-0.15, -0.1) is 0 Å². The van der Waals surface area contributed by atoms with E-state index in [1.165, 1.54) is 28.0 Å². The Balaban J connectivity index is 1.56. The molecule has 6 rings (SSSR count). The number of ether oxygens (including phenoxy) is 4. The Hall–Kier alpha value is -2.82. The fourth-order valence-corrected chi connectivity index (χ4v) is 4.38. The fourth-order valence-electron chi connectivity index (χ4n) is 4.38. The third kappa shape index (κ3) is 1.73. The molecule has 0 amide bonds. The van der Waals surface area contributed by atoms with E-state index in [0.29, 0.717) is 13.6 Å². The van der Waals surface area contributed by atoms with Crippen molar-refractivity contribution in [2.24, 2.45) is 0 Å². The highest BCUT2D eigenvalue weighted by Gasteiger charge is 2.35. The maximum Gasteiger partial charge on any atom is 0.231 e. The summed E-state index contributed by atoms with van der Waals surface area (Å²) in [6, 6.07) is 8.63. The third-order valence-electron chi connectivity index (χ3n) is 5.59. The highest BCUT2D eigenvalue weighted by atomic mass is 16.7. The molecule has 0 saturated heterocycles. The Kier molecular flexibility index (Phi) is 2.49. The van der Waals surface area contributed by atoms with Gasteiger partial charge in [-0.2, -0.15) is 0 Å². The summed E-state index contributed by atoms with van der Waals surface area (Å²) >= 11 is 0. The molecule has 5 heteroatoms. The molecule has 0 spiro atoms. The Morgan fingerprint density at radius 2 is 1.76 bits per heavy atom. The van der Waals surface area contributed by atoms with Crippen LogP contribution < -0.4 is 18.9 Å². The smallest absolute Gasteiger partial charge is 0.231 e. The third-order valence-corrected chi connectivity index (χ3v) is 5.59. The summed E-state index contributed by atoms with van der Waals surface area (Å²) in [5, 5.41) is 0. The first-order valence-corrected chi connectivity index (χ1v) is 8.63. The van der Waals surface area contributed by atoms with Crippen molar-refractivity contribution in [3.8, 4) is 23.0 Å². The molecule has 0 bridgehead atoms. The molecule has 2 aromatic rings. The van der Waals surface area contributed by atoms with Crippen LogP contribution in [0.1, 0.15) is 35.2 Å². The molecule has 0 saturated carbocycles. The first kappa shape index (κ1) is 13.5. The molecule has 4 aliphatic rings. The molecule has 4 aliphatic heterocycles. The Bertz CT molecular complexity index is 949. The number of hydrogen-bond acceptors (Lipinski definition) is 5. The molecule has 0 radical (unpaired) electrons. The first-order valence-electron chi connectivity index (χ1n) is 8.63. The lowest BCUT2D eigenvalue weighted by atomic mass is 9.86. The van der Waals surface area contributed by atoms with E-state index in [4.69, 9.17) is 18.9 Å². The van der Waals surface area contributed by atoms with Crippen LogP contribution in [0.5, 0.6) is 23.0 Å². The average Bonchev–Trinajstić information content (AvgIpc) is 3.28. The van der Waals surface area contributed by atoms with Gasteiger partial charge in [-0.05, 0) is 48.7 Å². The van der Waals surface area contributed by atoms with Crippen molar-refractivity contribution in [2.45, 2.75) is 19.4 Å². The van der Waals surface area contributed by atoms with E-state index in [2.05, 4.69) is 36.1 Å². The van der Waals surface area contributed by atoms with Crippen molar-refractivity contribution in [1.29, 1.82) is 0 Å². The van der Waals surface area contributed by atoms with Crippen LogP contribution in [-0.4, -0.2) is 25.0 Å². The first-order chi connectivity index (χ1) is 12.3. The van der Waals surface area contributed by atoms with Crippen LogP contribution in [0.4, 0.5) is 0 Å². The molecule has 0 aromatic heterocycles. The van der Waals surface area contributed by atoms with E-state index >= 15 is 0 Å². The van der Waals surface area contributed by atoms with Gasteiger partial charge in [0.1, 0.15) is 0 Å². The second-order valence-corrected chi connectivity index (χ2v) is 6.81. The molecule has 25 heavy (non-hydrogen) atoms. The van der Waals surface area contributed by atoms with E-state index < -0.39 is 0 Å². The van der Waals surface area contributed by atoms with Crippen molar-refractivity contribution in [1.82, 2.24) is 4.90 Å². The molecule has 2 aromatic carbocycles. The summed E-state index contributed by atoms with van der Waals surface area (Å²) in [5.41, 5.74) is 6.24. The minimum absolute atomic E-state index is 0.241. The van der Waals surface area contributed by atoms with Crippen LogP contribution in [0.15, 0.2) is 24.3 Å². The molecule has 0 unspecified atom stereocenters. The molecular formula is C20H17NO4. The lowest BCUT2D eigenvalue weighted by molar-refractivity contribution is 0.171. The summed E-state index contributed by atoms with van der Waals surface area (Å²) in [6.45, 7) is 3.83. The van der Waals surface area contributed by atoms with Crippen molar-refractivity contribution < 1.29 is 18.9 Å². The van der Waals surface area contributed by atoms with Gasteiger partial charge in [0.2, 0.25) is 13.6 Å². The molecule has 0 N–H and O–H groups in total. The van der Waals surface area contributed by atoms with Gasteiger partial charge in [-0.1, -0.05) is 6.07 Å². The molecule has 1 atom stereocenters. The summed E-state index contributed by atoms with van der Waals surface area (Å²) in [5.74, 6) is 3.45. The van der Waals surface area contributed by atoms with Crippen LogP contribution in [-0.2, 0) is 6.42 Å². The van der Waals surface area contributed by atoms with Gasteiger partial charge in [0.05, 0.1) is 6.04 Å². The minimum Gasteiger partial charge on any atom is -0.454 e. The highest BCUT2D eigenvalue weighted by molar-refractivity contribution is 5.88. The van der Waals surface area contributed by atoms with Gasteiger partial charge < -0.3 is 23.8 Å². The molecule has 0 fully saturated rings. The van der Waals surface area contributed by atoms with Gasteiger partial charge in [0.15, 0.2) is 23.0 Å². The average molecular weight is 335 g/mol. The van der Waals surface area contributed by atoms with E-state index in [1.54, 1.807) is 0 Å². The monoisotopic (exact) mass is 335 g/mol. The summed E-state index contributed by atoms with van der Waals surface area (Å²) in [7, 11) is 0. The lowest BCUT2D eigenvalue weighted by Gasteiger charge is -2.41. The largest absolute Gasteiger partial charge is 0.454 e. The van der Waals surface area contributed by atoms with E-state index in [1.807, 2.05) is 6.07 Å². The van der Waals surface area contributed by atoms with E-state index in [9.17, 15) is 0 Å². The Morgan fingerprint density at radius 1 is 0.960 bits per heavy atom. The molecule has 4 heterocycles. The zero-order valence-electron chi connectivity index (χ0n) is 13.9. The topological polar surface area (TPSA) is 40.2 Å². The number of rotatable bonds is 0. The van der Waals surface area contributed by atoms with Crippen molar-refractivity contribution >= 4 is 11.8 Å². The van der Waals surface area contributed by atoms with Crippen molar-refractivity contribution in [2.75, 3.05) is 20.1 Å². The van der Waals surface area contributed by atoms with Gasteiger partial charge >= 0.3 is 0 Å². The molecule has 0 aliphatic carbocycles. The van der Waals surface area contributed by atoms with Gasteiger partial charge in [-0.3, -0.25) is 0 Å². The number of fused-ring (bicyclic) bond motifs is 7. The predicted molar refractivity (Wildman–Crippen MR) is 91.8 cm³/mol. The molecular weight excluding hydrogens is 318 g/mol. The van der Waals surface area contributed by atoms with Crippen molar-refractivity contribution in [3.63, 3.8) is 0 Å². The molecule has 5 nitrogen and oxygen atoms in total. The fraction of sp³-hybridized carbons (Fsp3) is 0.300.